The van der Waals surface area contributed by atoms with Gasteiger partial charge < -0.3 is 9.47 Å². The Bertz CT molecular complexity index is 369. The molecule has 0 spiro atoms. The van der Waals surface area contributed by atoms with Gasteiger partial charge in [0.05, 0.1) is 19.2 Å². The molecule has 0 atom stereocenters. The summed E-state index contributed by atoms with van der Waals surface area (Å²) in [5.74, 6) is 1.01. The molecule has 1 rings (SSSR count). The molecule has 6 heteroatoms. The molecule has 0 saturated heterocycles. The Hall–Kier alpha value is -1.46. The molecule has 0 unspecified atom stereocenters. The Morgan fingerprint density at radius 3 is 2.53 bits per heavy atom. The van der Waals surface area contributed by atoms with Gasteiger partial charge in [-0.2, -0.15) is 0 Å². The normalized spacial score (nSPS) is 10.4. The summed E-state index contributed by atoms with van der Waals surface area (Å²) in [5.41, 5.74) is 2.28. The van der Waals surface area contributed by atoms with E-state index in [2.05, 4.69) is 4.99 Å². The highest BCUT2D eigenvalue weighted by atomic mass is 35.5. The fourth-order valence-corrected chi connectivity index (χ4v) is 1.28. The maximum absolute atomic E-state index is 8.36. The van der Waals surface area contributed by atoms with Crippen molar-refractivity contribution >= 4 is 23.6 Å². The molecule has 0 heterocycles. The highest BCUT2D eigenvalue weighted by Gasteiger charge is 2.08. The van der Waals surface area contributed by atoms with E-state index in [4.69, 9.17) is 26.3 Å². The van der Waals surface area contributed by atoms with Gasteiger partial charge in [0, 0.05) is 6.07 Å². The number of nitrogens with zero attached hydrogens (tertiary/aromatic N) is 1. The van der Waals surface area contributed by atoms with Gasteiger partial charge in [-0.3, -0.25) is 10.7 Å². The van der Waals surface area contributed by atoms with Crippen LogP contribution in [0.25, 0.3) is 0 Å². The maximum Gasteiger partial charge on any atom is 0.148 e. The van der Waals surface area contributed by atoms with Crippen LogP contribution in [0.2, 0.25) is 5.02 Å². The number of nitrogens with one attached hydrogen (secondary N) is 1. The van der Waals surface area contributed by atoms with Crippen LogP contribution in [0.5, 0.6) is 11.5 Å². The quantitative estimate of drug-likeness (QED) is 0.472. The topological polar surface area (TPSA) is 63.1 Å². The summed E-state index contributed by atoms with van der Waals surface area (Å²) >= 11 is 5.90. The first-order chi connectivity index (χ1) is 7.22. The molecule has 0 amide bonds. The number of aliphatic imine (C=N–C) groups is 1. The smallest absolute Gasteiger partial charge is 0.148 e. The van der Waals surface area contributed by atoms with E-state index >= 15 is 0 Å². The number of hydroxylamine groups is 1. The van der Waals surface area contributed by atoms with E-state index in [0.717, 1.165) is 6.34 Å². The van der Waals surface area contributed by atoms with E-state index in [1.54, 1.807) is 17.6 Å². The molecule has 82 valence electrons. The fourth-order valence-electron chi connectivity index (χ4n) is 1.04. The van der Waals surface area contributed by atoms with Gasteiger partial charge in [0.2, 0.25) is 0 Å². The number of hydrogen-bond acceptors (Lipinski definition) is 4. The fraction of sp³-hybridized carbons (Fsp3) is 0.222. The van der Waals surface area contributed by atoms with Crippen molar-refractivity contribution in [2.75, 3.05) is 14.2 Å². The van der Waals surface area contributed by atoms with E-state index in [9.17, 15) is 0 Å². The Kier molecular flexibility index (Phi) is 4.20. The van der Waals surface area contributed by atoms with E-state index in [1.165, 1.54) is 14.2 Å². The van der Waals surface area contributed by atoms with E-state index < -0.39 is 0 Å². The van der Waals surface area contributed by atoms with Crippen molar-refractivity contribution in [3.63, 3.8) is 0 Å². The van der Waals surface area contributed by atoms with Gasteiger partial charge in [0.15, 0.2) is 0 Å². The van der Waals surface area contributed by atoms with E-state index in [0.29, 0.717) is 22.2 Å². The third-order valence-electron chi connectivity index (χ3n) is 1.71. The first kappa shape index (κ1) is 11.6. The third kappa shape index (κ3) is 2.74. The van der Waals surface area contributed by atoms with Gasteiger partial charge in [-0.25, -0.2) is 4.99 Å². The van der Waals surface area contributed by atoms with Crippen molar-refractivity contribution in [1.82, 2.24) is 5.48 Å². The van der Waals surface area contributed by atoms with Crippen LogP contribution in [0.3, 0.4) is 0 Å². The lowest BCUT2D eigenvalue weighted by Gasteiger charge is -2.08. The van der Waals surface area contributed by atoms with Gasteiger partial charge in [-0.1, -0.05) is 11.6 Å². The predicted molar refractivity (Wildman–Crippen MR) is 57.6 cm³/mol. The number of halogens is 1. The molecule has 0 radical (unpaired) electrons. The van der Waals surface area contributed by atoms with Crippen LogP contribution in [0.4, 0.5) is 5.69 Å². The second-order valence-electron chi connectivity index (χ2n) is 2.55. The lowest BCUT2D eigenvalue weighted by atomic mass is 10.3. The molecular formula is C9H11ClN2O3. The zero-order valence-corrected chi connectivity index (χ0v) is 9.08. The molecule has 2 N–H and O–H groups in total. The van der Waals surface area contributed by atoms with Crippen LogP contribution in [0, 0.1) is 0 Å². The number of ether oxygens (including phenoxy) is 2. The van der Waals surface area contributed by atoms with Crippen molar-refractivity contribution in [2.45, 2.75) is 0 Å². The highest BCUT2D eigenvalue weighted by molar-refractivity contribution is 6.32. The average Bonchev–Trinajstić information content (AvgIpc) is 2.26. The van der Waals surface area contributed by atoms with Crippen LogP contribution in [-0.2, 0) is 0 Å². The van der Waals surface area contributed by atoms with Crippen molar-refractivity contribution in [1.29, 1.82) is 0 Å². The second kappa shape index (κ2) is 5.43. The van der Waals surface area contributed by atoms with Crippen molar-refractivity contribution < 1.29 is 14.7 Å². The summed E-state index contributed by atoms with van der Waals surface area (Å²) < 4.78 is 10.1. The third-order valence-corrected chi connectivity index (χ3v) is 2.01. The molecule has 0 aliphatic carbocycles. The minimum atomic E-state index is 0.420. The first-order valence-electron chi connectivity index (χ1n) is 4.06. The monoisotopic (exact) mass is 230 g/mol. The number of methoxy groups -OCH3 is 2. The summed E-state index contributed by atoms with van der Waals surface area (Å²) in [7, 11) is 3.02. The van der Waals surface area contributed by atoms with Crippen LogP contribution in [-0.4, -0.2) is 25.8 Å². The standard InChI is InChI=1S/C9H11ClN2O3/c1-14-8-4-9(15-2)7(3-6(8)10)11-5-12-13/h3-5,13H,1-2H3,(H,11,12). The molecule has 0 aliphatic heterocycles. The summed E-state index contributed by atoms with van der Waals surface area (Å²) in [5, 5.41) is 8.78. The second-order valence-corrected chi connectivity index (χ2v) is 2.95. The van der Waals surface area contributed by atoms with Crippen LogP contribution >= 0.6 is 11.6 Å². The molecule has 0 bridgehead atoms. The highest BCUT2D eigenvalue weighted by Crippen LogP contribution is 2.37. The first-order valence-corrected chi connectivity index (χ1v) is 4.44. The summed E-state index contributed by atoms with van der Waals surface area (Å²) in [6, 6.07) is 3.19. The molecule has 0 aromatic heterocycles. The van der Waals surface area contributed by atoms with Crippen molar-refractivity contribution in [3.8, 4) is 11.5 Å². The minimum Gasteiger partial charge on any atom is -0.495 e. The van der Waals surface area contributed by atoms with Crippen molar-refractivity contribution in [3.05, 3.63) is 17.2 Å². The van der Waals surface area contributed by atoms with Gasteiger partial charge in [-0.05, 0) is 6.07 Å². The van der Waals surface area contributed by atoms with Gasteiger partial charge in [0.1, 0.15) is 23.5 Å². The molecule has 5 nitrogen and oxygen atoms in total. The predicted octanol–water partition coefficient (Wildman–Crippen LogP) is 2.00. The molecule has 1 aromatic carbocycles. The summed E-state index contributed by atoms with van der Waals surface area (Å²) in [4.78, 5) is 3.88. The minimum absolute atomic E-state index is 0.420. The largest absolute Gasteiger partial charge is 0.495 e. The Morgan fingerprint density at radius 1 is 1.33 bits per heavy atom. The van der Waals surface area contributed by atoms with Crippen LogP contribution < -0.4 is 15.0 Å². The number of rotatable bonds is 4. The zero-order chi connectivity index (χ0) is 11.3. The summed E-state index contributed by atoms with van der Waals surface area (Å²) in [6.45, 7) is 0. The van der Waals surface area contributed by atoms with Crippen LogP contribution in [0.1, 0.15) is 0 Å². The summed E-state index contributed by atoms with van der Waals surface area (Å²) in [6.07, 6.45) is 1.11. The molecule has 15 heavy (non-hydrogen) atoms. The lowest BCUT2D eigenvalue weighted by Crippen LogP contribution is -2.01. The number of benzene rings is 1. The van der Waals surface area contributed by atoms with Gasteiger partial charge in [-0.15, -0.1) is 0 Å². The zero-order valence-electron chi connectivity index (χ0n) is 8.32. The maximum atomic E-state index is 8.36. The lowest BCUT2D eigenvalue weighted by molar-refractivity contribution is 0.240. The van der Waals surface area contributed by atoms with Gasteiger partial charge in [0.25, 0.3) is 0 Å². The molecular weight excluding hydrogens is 220 g/mol. The number of hydrogen-bond donors (Lipinski definition) is 2. The van der Waals surface area contributed by atoms with E-state index in [-0.39, 0.29) is 0 Å². The van der Waals surface area contributed by atoms with Crippen molar-refractivity contribution in [2.24, 2.45) is 4.99 Å². The SMILES string of the molecule is COc1cc(OC)c(N=CNO)cc1Cl. The molecule has 0 aliphatic rings. The average molecular weight is 231 g/mol. The van der Waals surface area contributed by atoms with Gasteiger partial charge >= 0.3 is 0 Å². The molecule has 0 fully saturated rings. The Morgan fingerprint density at radius 2 is 2.00 bits per heavy atom. The molecule has 1 aromatic rings. The Labute approximate surface area is 92.3 Å². The molecule has 0 saturated carbocycles. The van der Waals surface area contributed by atoms with E-state index in [1.807, 2.05) is 0 Å². The van der Waals surface area contributed by atoms with Crippen LogP contribution in [0.15, 0.2) is 17.1 Å². The Balaban J connectivity index is 3.15.